The van der Waals surface area contributed by atoms with Gasteiger partial charge in [0.1, 0.15) is 11.4 Å². The highest BCUT2D eigenvalue weighted by atomic mass is 79.9. The number of nitrogens with zero attached hydrogens (tertiary/aromatic N) is 3. The number of fused-ring (bicyclic) bond motifs is 1. The number of amidine groups is 1. The largest absolute Gasteiger partial charge is 1.00 e. The molecule has 0 amide bonds. The highest BCUT2D eigenvalue weighted by Gasteiger charge is 2.20. The van der Waals surface area contributed by atoms with Crippen molar-refractivity contribution in [3.8, 4) is 0 Å². The molecule has 0 fully saturated rings. The first-order valence-electron chi connectivity index (χ1n) is 10.9. The normalized spacial score (nSPS) is 11.6. The molecule has 0 saturated heterocycles. The molecule has 4 aromatic rings. The van der Waals surface area contributed by atoms with E-state index in [4.69, 9.17) is 28.9 Å². The lowest BCUT2D eigenvalue weighted by Gasteiger charge is -2.09. The molecule has 14 heteroatoms. The number of hydrogen-bond donors (Lipinski definition) is 3. The van der Waals surface area contributed by atoms with Gasteiger partial charge in [-0.05, 0) is 41.4 Å². The minimum atomic E-state index is -0.724. The molecule has 0 aliphatic carbocycles. The Hall–Kier alpha value is -3.71. The first-order valence-corrected chi connectivity index (χ1v) is 12.7. The fraction of sp³-hybridized carbons (Fsp3) is 0.0400. The molecule has 200 valence electrons. The van der Waals surface area contributed by atoms with Crippen LogP contribution in [0.1, 0.15) is 5.56 Å². The topological polar surface area (TPSA) is 151 Å². The molecule has 0 spiro atoms. The van der Waals surface area contributed by atoms with Gasteiger partial charge in [0, 0.05) is 17.0 Å². The lowest BCUT2D eigenvalue weighted by Crippen LogP contribution is -3.00. The second kappa shape index (κ2) is 13.4. The van der Waals surface area contributed by atoms with Crippen molar-refractivity contribution in [1.82, 2.24) is 0 Å². The smallest absolute Gasteiger partial charge is 0.307 e. The van der Waals surface area contributed by atoms with Crippen LogP contribution in [0.25, 0.3) is 10.8 Å². The van der Waals surface area contributed by atoms with Crippen molar-refractivity contribution in [2.75, 3.05) is 11.2 Å². The molecule has 0 heterocycles. The van der Waals surface area contributed by atoms with Gasteiger partial charge in [-0.15, -0.1) is 0 Å². The summed E-state index contributed by atoms with van der Waals surface area (Å²) in [5.41, 5.74) is 9.90. The average Bonchev–Trinajstić information content (AvgIpc) is 2.90. The monoisotopic (exact) mass is 648 g/mol. The van der Waals surface area contributed by atoms with Gasteiger partial charge in [-0.1, -0.05) is 65.7 Å². The van der Waals surface area contributed by atoms with E-state index in [-0.39, 0.29) is 28.4 Å². The third-order valence-electron chi connectivity index (χ3n) is 5.36. The van der Waals surface area contributed by atoms with E-state index in [0.29, 0.717) is 26.5 Å². The average molecular weight is 650 g/mol. The van der Waals surface area contributed by atoms with Gasteiger partial charge in [-0.3, -0.25) is 31.4 Å². The predicted molar refractivity (Wildman–Crippen MR) is 153 cm³/mol. The fourth-order valence-electron chi connectivity index (χ4n) is 3.51. The van der Waals surface area contributed by atoms with Crippen LogP contribution >= 0.6 is 35.0 Å². The number of non-ortho nitro benzene ring substituents is 1. The van der Waals surface area contributed by atoms with Crippen molar-refractivity contribution in [2.24, 2.45) is 10.8 Å². The molecule has 0 unspecified atom stereocenters. The number of halogens is 3. The van der Waals surface area contributed by atoms with E-state index in [1.165, 1.54) is 17.8 Å². The summed E-state index contributed by atoms with van der Waals surface area (Å²) in [4.78, 5) is 24.3. The maximum atomic E-state index is 11.5. The van der Waals surface area contributed by atoms with Crippen LogP contribution in [0.3, 0.4) is 0 Å². The van der Waals surface area contributed by atoms with Gasteiger partial charge in [-0.2, -0.15) is 5.10 Å². The molecule has 0 aliphatic heterocycles. The van der Waals surface area contributed by atoms with E-state index in [1.807, 2.05) is 42.5 Å². The molecule has 0 saturated carbocycles. The molecule has 10 nitrogen and oxygen atoms in total. The predicted octanol–water partition coefficient (Wildman–Crippen LogP) is 2.24. The maximum Gasteiger partial charge on any atom is 0.307 e. The van der Waals surface area contributed by atoms with Crippen molar-refractivity contribution in [3.63, 3.8) is 0 Å². The molecular weight excluding hydrogens is 631 g/mol. The number of nitro groups is 2. The number of rotatable bonds is 8. The van der Waals surface area contributed by atoms with Crippen LogP contribution in [0.15, 0.2) is 84.0 Å². The first-order chi connectivity index (χ1) is 18.2. The fourth-order valence-corrected chi connectivity index (χ4v) is 4.52. The maximum absolute atomic E-state index is 11.5. The Morgan fingerprint density at radius 3 is 2.41 bits per heavy atom. The summed E-state index contributed by atoms with van der Waals surface area (Å²) in [6.45, 7) is 0. The number of nitrogens with two attached hydrogens (primary N) is 1. The Bertz CT molecular complexity index is 1610. The van der Waals surface area contributed by atoms with Gasteiger partial charge in [0.15, 0.2) is 0 Å². The van der Waals surface area contributed by atoms with Gasteiger partial charge < -0.3 is 17.0 Å². The zero-order chi connectivity index (χ0) is 27.2. The molecule has 4 N–H and O–H groups in total. The number of hydrogen-bond acceptors (Lipinski definition) is 7. The van der Waals surface area contributed by atoms with E-state index in [1.54, 1.807) is 18.2 Å². The molecular formula is C25H19BrCl2N6O4S. The molecule has 4 aromatic carbocycles. The molecule has 0 aliphatic rings. The number of thioether (sulfide) groups is 1. The summed E-state index contributed by atoms with van der Waals surface area (Å²) < 4.78 is 0. The van der Waals surface area contributed by atoms with E-state index in [9.17, 15) is 20.2 Å². The number of nitrogens with one attached hydrogen (secondary N) is 2. The van der Waals surface area contributed by atoms with Crippen LogP contribution in [-0.2, 0) is 0 Å². The summed E-state index contributed by atoms with van der Waals surface area (Å²) >= 11 is 13.5. The molecule has 0 radical (unpaired) electrons. The van der Waals surface area contributed by atoms with Crippen molar-refractivity contribution < 1.29 is 31.8 Å². The number of benzene rings is 4. The lowest BCUT2D eigenvalue weighted by molar-refractivity contribution is -0.393. The molecule has 0 aromatic heterocycles. The lowest BCUT2D eigenvalue weighted by atomic mass is 10.1. The van der Waals surface area contributed by atoms with Gasteiger partial charge >= 0.3 is 10.9 Å². The Kier molecular flexibility index (Phi) is 10.2. The van der Waals surface area contributed by atoms with Gasteiger partial charge in [0.2, 0.25) is 0 Å². The van der Waals surface area contributed by atoms with Gasteiger partial charge in [0.25, 0.3) is 5.69 Å². The van der Waals surface area contributed by atoms with E-state index in [0.717, 1.165) is 28.6 Å². The summed E-state index contributed by atoms with van der Waals surface area (Å²) in [6.07, 6.45) is 0. The Morgan fingerprint density at radius 2 is 1.69 bits per heavy atom. The van der Waals surface area contributed by atoms with Crippen molar-refractivity contribution in [3.05, 3.63) is 115 Å². The summed E-state index contributed by atoms with van der Waals surface area (Å²) in [6, 6.07) is 21.9. The van der Waals surface area contributed by atoms with Crippen LogP contribution in [0.4, 0.5) is 22.7 Å². The molecule has 4 rings (SSSR count). The second-order valence-electron chi connectivity index (χ2n) is 7.82. The van der Waals surface area contributed by atoms with Crippen molar-refractivity contribution >= 4 is 79.4 Å². The Balaban J connectivity index is 0.00000420. The van der Waals surface area contributed by atoms with Crippen LogP contribution in [0.2, 0.25) is 10.0 Å². The molecule has 0 atom stereocenters. The van der Waals surface area contributed by atoms with Crippen molar-refractivity contribution in [2.45, 2.75) is 0 Å². The van der Waals surface area contributed by atoms with Crippen molar-refractivity contribution in [1.29, 1.82) is 0 Å². The summed E-state index contributed by atoms with van der Waals surface area (Å²) in [5, 5.41) is 30.0. The van der Waals surface area contributed by atoms with Crippen LogP contribution in [-0.4, -0.2) is 26.5 Å². The minimum absolute atomic E-state index is 0. The summed E-state index contributed by atoms with van der Waals surface area (Å²) in [7, 11) is 0. The highest BCUT2D eigenvalue weighted by molar-refractivity contribution is 8.14. The third-order valence-corrected chi connectivity index (χ3v) is 6.93. The van der Waals surface area contributed by atoms with Crippen LogP contribution in [0.5, 0.6) is 0 Å². The van der Waals surface area contributed by atoms with Gasteiger partial charge in [0.05, 0.1) is 37.4 Å². The number of anilines is 1. The van der Waals surface area contributed by atoms with Crippen LogP contribution in [0, 0.1) is 20.2 Å². The standard InChI is InChI=1S/C25H18Cl2N6O4S.BrH/c26-19-10-8-16(12-20(19)27)23(31-30-22-11-9-17(32(34)35)13-24(22)33(36)37)14-38-25(28)29-21-7-3-5-15-4-1-2-6-18(15)21;/h1-13,30H,14H2,(H2,28,29);1H/b31-23-;. The van der Waals surface area contributed by atoms with Crippen LogP contribution < -0.4 is 33.1 Å². The summed E-state index contributed by atoms with van der Waals surface area (Å²) in [5.74, 6) is 0.245. The quantitative estimate of drug-likeness (QED) is 0.115. The highest BCUT2D eigenvalue weighted by Crippen LogP contribution is 2.29. The number of hydrazone groups is 1. The zero-order valence-electron chi connectivity index (χ0n) is 19.8. The molecule has 39 heavy (non-hydrogen) atoms. The SMILES string of the molecule is NC(=[NH+]c1cccc2ccccc12)SC/C(=N/Nc1ccc([N+](=O)[O-])cc1[N+](=O)[O-])c1ccc(Cl)c(Cl)c1.[Br-]. The molecule has 0 bridgehead atoms. The zero-order valence-corrected chi connectivity index (χ0v) is 23.7. The third kappa shape index (κ3) is 7.45. The first kappa shape index (κ1) is 29.8. The Morgan fingerprint density at radius 1 is 0.949 bits per heavy atom. The minimum Gasteiger partial charge on any atom is -1.00 e. The van der Waals surface area contributed by atoms with E-state index in [2.05, 4.69) is 15.5 Å². The number of nitro benzene ring substituents is 2. The van der Waals surface area contributed by atoms with E-state index < -0.39 is 21.2 Å². The Labute approximate surface area is 247 Å². The van der Waals surface area contributed by atoms with E-state index >= 15 is 0 Å². The second-order valence-corrected chi connectivity index (χ2v) is 9.65. The van der Waals surface area contributed by atoms with Gasteiger partial charge in [-0.25, -0.2) is 4.99 Å².